The summed E-state index contributed by atoms with van der Waals surface area (Å²) >= 11 is 4.44. The molecule has 0 aromatic rings. The summed E-state index contributed by atoms with van der Waals surface area (Å²) in [6, 6.07) is 0. The van der Waals surface area contributed by atoms with Crippen molar-refractivity contribution < 1.29 is 148 Å². The summed E-state index contributed by atoms with van der Waals surface area (Å²) in [4.78, 5) is 0. The maximum Gasteiger partial charge on any atom is 0.187 e. The van der Waals surface area contributed by atoms with E-state index >= 15 is 0 Å². The van der Waals surface area contributed by atoms with Crippen molar-refractivity contribution in [3.63, 3.8) is 0 Å². The van der Waals surface area contributed by atoms with Gasteiger partial charge in [-0.3, -0.25) is 0 Å². The predicted molar refractivity (Wildman–Crippen MR) is 222 cm³/mol. The molecular weight excluding hydrogens is 992 g/mol. The SMILES string of the molecule is CCCC(S)O[C@@H]1[C@@H](O)[C@H]2O[C@H]3[C@H](O)[C@@H](O)[C@@H](O[C@H]4[C@H](O)[C@@H](O)[C@@H](O[C@H]5[C@H](O)[C@@H](O)[C@@H](O[C@H]6[C@H](O)[C@@H](O)[C@@H](O[C@H]7[C@H](O)[C@@H](O)[C@@H](O[C@H]1[C@@H](CO)O2)O[C@@H]7CO)O[C@@H]6CO)O[C@@H]5CO)O[C@@H]4CO)O[C@@H]3CO. The molecule has 31 heteroatoms. The van der Waals surface area contributed by atoms with Crippen LogP contribution in [0.4, 0.5) is 0 Å². The minimum absolute atomic E-state index is 0.276. The Morgan fingerprint density at radius 2 is 0.535 bits per heavy atom. The van der Waals surface area contributed by atoms with Crippen LogP contribution in [-0.4, -0.2) is 316 Å². The van der Waals surface area contributed by atoms with Crippen molar-refractivity contribution in [1.29, 1.82) is 0 Å². The fourth-order valence-corrected chi connectivity index (χ4v) is 9.96. The molecular formula is C40H68O30S. The number of hydrogen-bond acceptors (Lipinski definition) is 31. The molecule has 22 saturated heterocycles. The fraction of sp³-hybridized carbons (Fsp3) is 1.00. The summed E-state index contributed by atoms with van der Waals surface area (Å²) in [5.41, 5.74) is -0.949. The van der Waals surface area contributed by atoms with Crippen LogP contribution in [0.2, 0.25) is 0 Å². The van der Waals surface area contributed by atoms with Crippen LogP contribution in [0.3, 0.4) is 0 Å². The van der Waals surface area contributed by atoms with Gasteiger partial charge in [0.25, 0.3) is 0 Å². The van der Waals surface area contributed by atoms with E-state index in [4.69, 9.17) is 61.6 Å². The van der Waals surface area contributed by atoms with Crippen molar-refractivity contribution in [1.82, 2.24) is 0 Å². The second kappa shape index (κ2) is 25.1. The molecule has 0 spiro atoms. The molecule has 30 nitrogen and oxygen atoms in total. The van der Waals surface area contributed by atoms with Crippen LogP contribution in [0.15, 0.2) is 0 Å². The average Bonchev–Trinajstić information content (AvgIpc) is 3.36. The third kappa shape index (κ3) is 11.9. The van der Waals surface area contributed by atoms with E-state index in [2.05, 4.69) is 12.6 Å². The number of aliphatic hydroxyl groups is 17. The van der Waals surface area contributed by atoms with Crippen LogP contribution in [0.1, 0.15) is 19.8 Å². The zero-order valence-corrected chi connectivity index (χ0v) is 38.8. The van der Waals surface area contributed by atoms with Crippen LogP contribution in [0.5, 0.6) is 0 Å². The van der Waals surface area contributed by atoms with Crippen molar-refractivity contribution in [2.75, 3.05) is 39.6 Å². The van der Waals surface area contributed by atoms with E-state index in [1.54, 1.807) is 6.92 Å². The molecule has 414 valence electrons. The van der Waals surface area contributed by atoms with Crippen LogP contribution in [0, 0.1) is 0 Å². The Balaban J connectivity index is 1.22. The Bertz CT molecular complexity index is 1620. The highest BCUT2D eigenvalue weighted by atomic mass is 32.1. The number of hydrogen-bond donors (Lipinski definition) is 18. The highest BCUT2D eigenvalue weighted by Gasteiger charge is 2.59. The van der Waals surface area contributed by atoms with Gasteiger partial charge in [0.2, 0.25) is 0 Å². The number of aliphatic hydroxyl groups excluding tert-OH is 17. The minimum atomic E-state index is -2.15. The second-order valence-corrected chi connectivity index (χ2v) is 18.8. The lowest BCUT2D eigenvalue weighted by atomic mass is 9.94. The van der Waals surface area contributed by atoms with Gasteiger partial charge in [0.05, 0.1) is 39.6 Å². The maximum atomic E-state index is 11.8. The maximum absolute atomic E-state index is 11.8. The van der Waals surface area contributed by atoms with Gasteiger partial charge in [0, 0.05) is 0 Å². The van der Waals surface area contributed by atoms with Gasteiger partial charge in [-0.15, -0.1) is 12.6 Å². The Labute approximate surface area is 409 Å². The molecule has 1 unspecified atom stereocenters. The summed E-state index contributed by atoms with van der Waals surface area (Å²) in [7, 11) is 0. The molecule has 0 aliphatic carbocycles. The molecule has 17 N–H and O–H groups in total. The van der Waals surface area contributed by atoms with E-state index in [1.807, 2.05) is 0 Å². The zero-order valence-electron chi connectivity index (χ0n) is 37.9. The van der Waals surface area contributed by atoms with Gasteiger partial charge in [-0.05, 0) is 6.42 Å². The summed E-state index contributed by atoms with van der Waals surface area (Å²) in [6.45, 7) is -4.08. The molecule has 71 heavy (non-hydrogen) atoms. The second-order valence-electron chi connectivity index (χ2n) is 18.2. The van der Waals surface area contributed by atoms with Gasteiger partial charge in [-0.25, -0.2) is 0 Å². The number of thiol groups is 1. The van der Waals surface area contributed by atoms with Gasteiger partial charge in [0.1, 0.15) is 152 Å². The first-order valence-corrected chi connectivity index (χ1v) is 23.7. The van der Waals surface area contributed by atoms with E-state index < -0.39 is 229 Å². The Kier molecular flexibility index (Phi) is 20.4. The van der Waals surface area contributed by atoms with Crippen molar-refractivity contribution in [3.05, 3.63) is 0 Å². The standard InChI is InChI=1S/C40H68O30S/c1-2-3-16(71)64-34-27(57)40-63-15(9-46)33(34)70-39-26(56)21(51)31(13(7-44)62-39)68-37-24(54)19(49)29(11(5-42)60-37)66-35-22(52)17(47)28(10(4-41)58-35)65-36-23(53)18(48)30(12(6-43)59-36)67-38-25(55)20(50)32(69-40)14(8-45)61-38/h10-57,71H,2-9H2,1H3/t10-,11-,12-,13-,14-,15-,16?,17-,18-,19-,20-,21-,22-,23-,24-,25-,26-,27-,28-,29-,30-,31-,32-,33+,34-,35-,36-,37-,38-,39-,40-/m1/s1. The fourth-order valence-electron chi connectivity index (χ4n) is 9.56. The summed E-state index contributed by atoms with van der Waals surface area (Å²) in [5, 5.41) is 188. The molecule has 0 saturated carbocycles. The molecule has 22 rings (SSSR count). The van der Waals surface area contributed by atoms with E-state index in [-0.39, 0.29) is 6.42 Å². The monoisotopic (exact) mass is 1060 g/mol. The molecule has 22 fully saturated rings. The van der Waals surface area contributed by atoms with Crippen LogP contribution >= 0.6 is 12.6 Å². The Morgan fingerprint density at radius 3 is 0.761 bits per heavy atom. The Morgan fingerprint density at radius 1 is 0.324 bits per heavy atom. The third-order valence-electron chi connectivity index (χ3n) is 13.5. The molecule has 0 radical (unpaired) electrons. The molecule has 22 aliphatic rings. The third-order valence-corrected chi connectivity index (χ3v) is 13.9. The largest absolute Gasteiger partial charge is 0.394 e. The molecule has 0 aromatic heterocycles. The Hall–Kier alpha value is -0.850. The normalized spacial score (nSPS) is 52.8. The lowest BCUT2D eigenvalue weighted by molar-refractivity contribution is -0.405. The first-order valence-electron chi connectivity index (χ1n) is 23.2. The van der Waals surface area contributed by atoms with Crippen LogP contribution in [-0.2, 0) is 61.6 Å². The van der Waals surface area contributed by atoms with Gasteiger partial charge in [-0.1, -0.05) is 13.3 Å². The van der Waals surface area contributed by atoms with E-state index in [1.165, 1.54) is 0 Å². The van der Waals surface area contributed by atoms with Crippen LogP contribution in [0.25, 0.3) is 0 Å². The highest BCUT2D eigenvalue weighted by Crippen LogP contribution is 2.39. The first kappa shape index (κ1) is 57.8. The van der Waals surface area contributed by atoms with Crippen molar-refractivity contribution in [2.45, 2.75) is 209 Å². The minimum Gasteiger partial charge on any atom is -0.394 e. The van der Waals surface area contributed by atoms with E-state index in [9.17, 15) is 86.8 Å². The van der Waals surface area contributed by atoms with E-state index in [0.717, 1.165) is 0 Å². The van der Waals surface area contributed by atoms with Gasteiger partial charge >= 0.3 is 0 Å². The molecule has 12 bridgehead atoms. The van der Waals surface area contributed by atoms with Gasteiger partial charge in [-0.2, -0.15) is 0 Å². The molecule has 0 aromatic carbocycles. The smallest absolute Gasteiger partial charge is 0.187 e. The van der Waals surface area contributed by atoms with Crippen molar-refractivity contribution >= 4 is 12.6 Å². The highest BCUT2D eigenvalue weighted by molar-refractivity contribution is 7.80. The van der Waals surface area contributed by atoms with Crippen molar-refractivity contribution in [3.8, 4) is 0 Å². The lowest BCUT2D eigenvalue weighted by Gasteiger charge is -2.51. The molecule has 31 atom stereocenters. The molecule has 22 heterocycles. The summed E-state index contributed by atoms with van der Waals surface area (Å²) < 4.78 is 75.5. The first-order chi connectivity index (χ1) is 33.9. The topological polar surface area (TPSA) is 464 Å². The number of ether oxygens (including phenoxy) is 13. The summed E-state index contributed by atoms with van der Waals surface area (Å²) in [6.07, 6.45) is -56.4. The van der Waals surface area contributed by atoms with Gasteiger partial charge in [0.15, 0.2) is 37.7 Å². The van der Waals surface area contributed by atoms with Crippen LogP contribution < -0.4 is 0 Å². The van der Waals surface area contributed by atoms with Crippen molar-refractivity contribution in [2.24, 2.45) is 0 Å². The average molecular weight is 1060 g/mol. The predicted octanol–water partition coefficient (Wildman–Crippen LogP) is -11.0. The quantitative estimate of drug-likeness (QED) is 0.0713. The van der Waals surface area contributed by atoms with E-state index in [0.29, 0.717) is 6.42 Å². The number of rotatable bonds is 10. The molecule has 0 amide bonds. The van der Waals surface area contributed by atoms with Gasteiger partial charge < -0.3 is 148 Å². The zero-order chi connectivity index (χ0) is 51.7. The summed E-state index contributed by atoms with van der Waals surface area (Å²) in [5.74, 6) is 0. The molecule has 22 aliphatic heterocycles. The lowest BCUT2D eigenvalue weighted by Crippen LogP contribution is -2.69.